The standard InChI is InChI=1S/C25H30ClN3O4/c1-17(2)23(27-24(31)19-9-7-18(3)8-10-19)25(32)33-16-22(30)29-13-11-28(12-14-29)21-6-4-5-20(26)15-21/h4-10,15,17,23H,11-14,16H2,1-3H3,(H,27,31)/t23-/m0/s1. The third-order valence-corrected chi connectivity index (χ3v) is 5.90. The van der Waals surface area contributed by atoms with Crippen LogP contribution in [0, 0.1) is 12.8 Å². The van der Waals surface area contributed by atoms with E-state index in [-0.39, 0.29) is 24.3 Å². The number of anilines is 1. The van der Waals surface area contributed by atoms with E-state index in [4.69, 9.17) is 16.3 Å². The third kappa shape index (κ3) is 6.71. The molecule has 8 heteroatoms. The van der Waals surface area contributed by atoms with Crippen molar-refractivity contribution in [3.63, 3.8) is 0 Å². The lowest BCUT2D eigenvalue weighted by atomic mass is 10.0. The van der Waals surface area contributed by atoms with Crippen molar-refractivity contribution in [1.82, 2.24) is 10.2 Å². The van der Waals surface area contributed by atoms with Gasteiger partial charge in [0.2, 0.25) is 0 Å². The van der Waals surface area contributed by atoms with E-state index in [0.29, 0.717) is 36.8 Å². The number of carbonyl (C=O) groups is 3. The van der Waals surface area contributed by atoms with E-state index in [1.165, 1.54) is 0 Å². The van der Waals surface area contributed by atoms with Gasteiger partial charge in [-0.2, -0.15) is 0 Å². The van der Waals surface area contributed by atoms with Gasteiger partial charge in [0.05, 0.1) is 0 Å². The van der Waals surface area contributed by atoms with Gasteiger partial charge in [0.15, 0.2) is 6.61 Å². The van der Waals surface area contributed by atoms with Crippen molar-refractivity contribution in [2.24, 2.45) is 5.92 Å². The number of piperazine rings is 1. The van der Waals surface area contributed by atoms with Crippen LogP contribution in [0.15, 0.2) is 48.5 Å². The second-order valence-corrected chi connectivity index (χ2v) is 8.95. The summed E-state index contributed by atoms with van der Waals surface area (Å²) in [4.78, 5) is 41.6. The zero-order chi connectivity index (χ0) is 24.0. The van der Waals surface area contributed by atoms with Crippen LogP contribution in [-0.4, -0.2) is 61.5 Å². The van der Waals surface area contributed by atoms with E-state index in [0.717, 1.165) is 11.3 Å². The molecule has 0 unspecified atom stereocenters. The Labute approximate surface area is 199 Å². The molecule has 2 aromatic rings. The molecule has 0 aliphatic carbocycles. The first-order chi connectivity index (χ1) is 15.7. The molecular weight excluding hydrogens is 442 g/mol. The minimum Gasteiger partial charge on any atom is -0.454 e. The molecule has 0 saturated carbocycles. The number of aryl methyl sites for hydroxylation is 1. The van der Waals surface area contributed by atoms with Crippen LogP contribution in [0.25, 0.3) is 0 Å². The minimum atomic E-state index is -0.841. The van der Waals surface area contributed by atoms with Gasteiger partial charge in [-0.15, -0.1) is 0 Å². The Morgan fingerprint density at radius 3 is 2.30 bits per heavy atom. The van der Waals surface area contributed by atoms with Gasteiger partial charge in [-0.25, -0.2) is 4.79 Å². The number of hydrogen-bond acceptors (Lipinski definition) is 5. The molecule has 1 N–H and O–H groups in total. The number of rotatable bonds is 7. The van der Waals surface area contributed by atoms with Gasteiger partial charge >= 0.3 is 5.97 Å². The molecule has 0 bridgehead atoms. The monoisotopic (exact) mass is 471 g/mol. The van der Waals surface area contributed by atoms with Crippen LogP contribution in [0.3, 0.4) is 0 Å². The summed E-state index contributed by atoms with van der Waals surface area (Å²) in [6.45, 7) is 7.62. The summed E-state index contributed by atoms with van der Waals surface area (Å²) in [6.07, 6.45) is 0. The molecule has 0 radical (unpaired) electrons. The maximum atomic E-state index is 12.6. The zero-order valence-electron chi connectivity index (χ0n) is 19.2. The van der Waals surface area contributed by atoms with Crippen molar-refractivity contribution in [3.05, 3.63) is 64.7 Å². The van der Waals surface area contributed by atoms with Crippen LogP contribution in [0.1, 0.15) is 29.8 Å². The Morgan fingerprint density at radius 1 is 1.03 bits per heavy atom. The number of ether oxygens (including phenoxy) is 1. The summed E-state index contributed by atoms with van der Waals surface area (Å²) in [6, 6.07) is 13.9. The van der Waals surface area contributed by atoms with Crippen LogP contribution in [0.4, 0.5) is 5.69 Å². The van der Waals surface area contributed by atoms with E-state index < -0.39 is 12.0 Å². The molecule has 1 saturated heterocycles. The van der Waals surface area contributed by atoms with Crippen LogP contribution < -0.4 is 10.2 Å². The Balaban J connectivity index is 1.49. The first kappa shape index (κ1) is 24.6. The Bertz CT molecular complexity index is 985. The lowest BCUT2D eigenvalue weighted by Gasteiger charge is -2.36. The largest absolute Gasteiger partial charge is 0.454 e. The van der Waals surface area contributed by atoms with Crippen molar-refractivity contribution in [1.29, 1.82) is 0 Å². The molecule has 0 aromatic heterocycles. The highest BCUT2D eigenvalue weighted by Gasteiger charge is 2.28. The summed E-state index contributed by atoms with van der Waals surface area (Å²) in [5, 5.41) is 3.40. The smallest absolute Gasteiger partial charge is 0.329 e. The second-order valence-electron chi connectivity index (χ2n) is 8.52. The summed E-state index contributed by atoms with van der Waals surface area (Å²) in [5.74, 6) is -1.41. The first-order valence-corrected chi connectivity index (χ1v) is 11.4. The number of esters is 1. The number of hydrogen-bond donors (Lipinski definition) is 1. The fourth-order valence-corrected chi connectivity index (χ4v) is 3.81. The lowest BCUT2D eigenvalue weighted by molar-refractivity contribution is -0.154. The van der Waals surface area contributed by atoms with Gasteiger partial charge in [0, 0.05) is 42.5 Å². The Morgan fingerprint density at radius 2 is 1.70 bits per heavy atom. The van der Waals surface area contributed by atoms with Crippen molar-refractivity contribution in [2.45, 2.75) is 26.8 Å². The summed E-state index contributed by atoms with van der Waals surface area (Å²) in [7, 11) is 0. The maximum Gasteiger partial charge on any atom is 0.329 e. The highest BCUT2D eigenvalue weighted by molar-refractivity contribution is 6.30. The highest BCUT2D eigenvalue weighted by atomic mass is 35.5. The number of benzene rings is 2. The minimum absolute atomic E-state index is 0.191. The molecule has 1 aliphatic rings. The van der Waals surface area contributed by atoms with Crippen LogP contribution in [0.5, 0.6) is 0 Å². The molecule has 1 fully saturated rings. The summed E-state index contributed by atoms with van der Waals surface area (Å²) < 4.78 is 5.29. The van der Waals surface area contributed by atoms with Crippen molar-refractivity contribution >= 4 is 35.1 Å². The van der Waals surface area contributed by atoms with Gasteiger partial charge in [-0.1, -0.05) is 49.2 Å². The highest BCUT2D eigenvalue weighted by Crippen LogP contribution is 2.20. The molecular formula is C25H30ClN3O4. The van der Waals surface area contributed by atoms with E-state index in [1.807, 2.05) is 57.2 Å². The van der Waals surface area contributed by atoms with Gasteiger partial charge < -0.3 is 19.9 Å². The molecule has 176 valence electrons. The van der Waals surface area contributed by atoms with Crippen LogP contribution in [0.2, 0.25) is 5.02 Å². The molecule has 1 aliphatic heterocycles. The molecule has 2 aromatic carbocycles. The second kappa shape index (κ2) is 11.2. The predicted octanol–water partition coefficient (Wildman–Crippen LogP) is 3.29. The molecule has 7 nitrogen and oxygen atoms in total. The van der Waals surface area contributed by atoms with Crippen molar-refractivity contribution in [2.75, 3.05) is 37.7 Å². The number of carbonyl (C=O) groups excluding carboxylic acids is 3. The number of halogens is 1. The molecule has 1 atom stereocenters. The predicted molar refractivity (Wildman–Crippen MR) is 128 cm³/mol. The lowest BCUT2D eigenvalue weighted by Crippen LogP contribution is -2.50. The normalized spacial score (nSPS) is 14.7. The third-order valence-electron chi connectivity index (χ3n) is 5.66. The van der Waals surface area contributed by atoms with Gasteiger partial charge in [0.25, 0.3) is 11.8 Å². The van der Waals surface area contributed by atoms with E-state index >= 15 is 0 Å². The molecule has 0 spiro atoms. The van der Waals surface area contributed by atoms with Crippen LogP contribution in [-0.2, 0) is 14.3 Å². The first-order valence-electron chi connectivity index (χ1n) is 11.1. The zero-order valence-corrected chi connectivity index (χ0v) is 20.0. The van der Waals surface area contributed by atoms with Crippen molar-refractivity contribution in [3.8, 4) is 0 Å². The van der Waals surface area contributed by atoms with E-state index in [1.54, 1.807) is 17.0 Å². The molecule has 33 heavy (non-hydrogen) atoms. The van der Waals surface area contributed by atoms with E-state index in [9.17, 15) is 14.4 Å². The quantitative estimate of drug-likeness (QED) is 0.627. The van der Waals surface area contributed by atoms with Gasteiger partial charge in [0.1, 0.15) is 6.04 Å². The van der Waals surface area contributed by atoms with Crippen molar-refractivity contribution < 1.29 is 19.1 Å². The average molecular weight is 472 g/mol. The fourth-order valence-electron chi connectivity index (χ4n) is 3.63. The van der Waals surface area contributed by atoms with Gasteiger partial charge in [-0.05, 0) is 43.2 Å². The Kier molecular flexibility index (Phi) is 8.33. The Hall–Kier alpha value is -3.06. The van der Waals surface area contributed by atoms with Crippen LogP contribution >= 0.6 is 11.6 Å². The maximum absolute atomic E-state index is 12.6. The average Bonchev–Trinajstić information content (AvgIpc) is 2.81. The topological polar surface area (TPSA) is 78.9 Å². The van der Waals surface area contributed by atoms with E-state index in [2.05, 4.69) is 10.2 Å². The number of amides is 2. The molecule has 3 rings (SSSR count). The fraction of sp³-hybridized carbons (Fsp3) is 0.400. The molecule has 1 heterocycles. The summed E-state index contributed by atoms with van der Waals surface area (Å²) in [5.41, 5.74) is 2.52. The number of nitrogens with zero attached hydrogens (tertiary/aromatic N) is 2. The SMILES string of the molecule is Cc1ccc(C(=O)N[C@H](C(=O)OCC(=O)N2CCN(c3cccc(Cl)c3)CC2)C(C)C)cc1. The van der Waals surface area contributed by atoms with Gasteiger partial charge in [-0.3, -0.25) is 9.59 Å². The number of nitrogens with one attached hydrogen (secondary N) is 1. The molecule has 2 amide bonds. The summed E-state index contributed by atoms with van der Waals surface area (Å²) >= 11 is 6.07.